The van der Waals surface area contributed by atoms with Crippen molar-refractivity contribution in [1.82, 2.24) is 21.5 Å². The van der Waals surface area contributed by atoms with Gasteiger partial charge in [-0.3, -0.25) is 10.2 Å². The van der Waals surface area contributed by atoms with Crippen LogP contribution >= 0.6 is 12.4 Å². The number of nitrogens with one attached hydrogen (secondary N) is 4. The van der Waals surface area contributed by atoms with Crippen LogP contribution in [0.25, 0.3) is 0 Å². The van der Waals surface area contributed by atoms with Gasteiger partial charge < -0.3 is 10.6 Å². The number of hydrogen-bond donors (Lipinski definition) is 4. The lowest BCUT2D eigenvalue weighted by molar-refractivity contribution is -0.124. The first-order valence-corrected chi connectivity index (χ1v) is 9.77. The molecule has 3 unspecified atom stereocenters. The lowest BCUT2D eigenvalue weighted by Crippen LogP contribution is -2.50. The summed E-state index contributed by atoms with van der Waals surface area (Å²) in [7, 11) is 0. The van der Waals surface area contributed by atoms with Crippen LogP contribution in [0.5, 0.6) is 0 Å². The van der Waals surface area contributed by atoms with E-state index in [0.717, 1.165) is 30.6 Å². The van der Waals surface area contributed by atoms with Crippen molar-refractivity contribution in [2.24, 2.45) is 5.92 Å². The van der Waals surface area contributed by atoms with Gasteiger partial charge in [-0.2, -0.15) is 0 Å². The SMILES string of the molecule is Cc1cccc(C(NC(=O)C2NNC3CCNCC32)c2cccc(C)c2)c1.Cl. The van der Waals surface area contributed by atoms with E-state index in [1.165, 1.54) is 11.1 Å². The molecular formula is C22H29ClN4O. The van der Waals surface area contributed by atoms with Crippen LogP contribution in [-0.4, -0.2) is 31.1 Å². The summed E-state index contributed by atoms with van der Waals surface area (Å²) >= 11 is 0. The Labute approximate surface area is 173 Å². The van der Waals surface area contributed by atoms with Crippen LogP contribution in [0.3, 0.4) is 0 Å². The first kappa shape index (κ1) is 20.8. The number of carbonyl (C=O) groups is 1. The molecule has 1 amide bonds. The average molecular weight is 401 g/mol. The summed E-state index contributed by atoms with van der Waals surface area (Å²) in [5.41, 5.74) is 11.1. The molecule has 28 heavy (non-hydrogen) atoms. The molecule has 150 valence electrons. The first-order chi connectivity index (χ1) is 13.1. The van der Waals surface area contributed by atoms with E-state index in [9.17, 15) is 4.79 Å². The van der Waals surface area contributed by atoms with Gasteiger partial charge in [0.25, 0.3) is 0 Å². The Hall–Kier alpha value is -1.92. The van der Waals surface area contributed by atoms with Crippen molar-refractivity contribution >= 4 is 18.3 Å². The van der Waals surface area contributed by atoms with Crippen LogP contribution < -0.4 is 21.5 Å². The van der Waals surface area contributed by atoms with Crippen LogP contribution in [0, 0.1) is 19.8 Å². The summed E-state index contributed by atoms with van der Waals surface area (Å²) < 4.78 is 0. The van der Waals surface area contributed by atoms with E-state index in [0.29, 0.717) is 6.04 Å². The summed E-state index contributed by atoms with van der Waals surface area (Å²) in [4.78, 5) is 13.2. The molecule has 0 aromatic heterocycles. The Morgan fingerprint density at radius 1 is 1.04 bits per heavy atom. The summed E-state index contributed by atoms with van der Waals surface area (Å²) in [6.07, 6.45) is 1.04. The number of hydrogen-bond acceptors (Lipinski definition) is 4. The van der Waals surface area contributed by atoms with Gasteiger partial charge in [0.05, 0.1) is 6.04 Å². The average Bonchev–Trinajstić information content (AvgIpc) is 3.10. The van der Waals surface area contributed by atoms with Crippen molar-refractivity contribution < 1.29 is 4.79 Å². The minimum absolute atomic E-state index is 0. The van der Waals surface area contributed by atoms with Gasteiger partial charge in [0.2, 0.25) is 5.91 Å². The van der Waals surface area contributed by atoms with E-state index in [1.807, 2.05) is 0 Å². The molecule has 2 aromatic carbocycles. The summed E-state index contributed by atoms with van der Waals surface area (Å²) in [5, 5.41) is 6.72. The number of carbonyl (C=O) groups excluding carboxylic acids is 1. The van der Waals surface area contributed by atoms with Gasteiger partial charge in [0, 0.05) is 18.5 Å². The van der Waals surface area contributed by atoms with E-state index in [1.54, 1.807) is 0 Å². The second-order valence-electron chi connectivity index (χ2n) is 7.80. The third kappa shape index (κ3) is 4.39. The predicted octanol–water partition coefficient (Wildman–Crippen LogP) is 2.39. The van der Waals surface area contributed by atoms with Crippen molar-refractivity contribution in [3.05, 3.63) is 70.8 Å². The molecule has 0 radical (unpaired) electrons. The Bertz CT molecular complexity index is 782. The van der Waals surface area contributed by atoms with E-state index in [4.69, 9.17) is 0 Å². The zero-order valence-electron chi connectivity index (χ0n) is 16.4. The third-order valence-electron chi connectivity index (χ3n) is 5.70. The Balaban J connectivity index is 0.00000225. The maximum absolute atomic E-state index is 13.2. The molecule has 5 nitrogen and oxygen atoms in total. The quantitative estimate of drug-likeness (QED) is 0.636. The predicted molar refractivity (Wildman–Crippen MR) is 114 cm³/mol. The Morgan fingerprint density at radius 3 is 2.29 bits per heavy atom. The molecule has 0 aliphatic carbocycles. The molecule has 2 saturated heterocycles. The van der Waals surface area contributed by atoms with Crippen LogP contribution in [0.2, 0.25) is 0 Å². The van der Waals surface area contributed by atoms with Gasteiger partial charge in [-0.25, -0.2) is 5.43 Å². The fraction of sp³-hybridized carbons (Fsp3) is 0.409. The fourth-order valence-corrected chi connectivity index (χ4v) is 4.27. The standard InChI is InChI=1S/C22H28N4O.ClH/c1-14-5-3-7-16(11-14)20(17-8-4-6-15(2)12-17)24-22(27)21-18-13-23-10-9-19(18)25-26-21;/h3-8,11-12,18-21,23,25-26H,9-10,13H2,1-2H3,(H,24,27);1H. The van der Waals surface area contributed by atoms with Crippen molar-refractivity contribution in [2.75, 3.05) is 13.1 Å². The highest BCUT2D eigenvalue weighted by atomic mass is 35.5. The topological polar surface area (TPSA) is 65.2 Å². The Kier molecular flexibility index (Phi) is 6.73. The van der Waals surface area contributed by atoms with Gasteiger partial charge in [-0.15, -0.1) is 12.4 Å². The molecule has 2 aromatic rings. The molecule has 0 bridgehead atoms. The number of piperidine rings is 1. The molecular weight excluding hydrogens is 372 g/mol. The molecule has 6 heteroatoms. The minimum Gasteiger partial charge on any atom is -0.344 e. The molecule has 4 N–H and O–H groups in total. The van der Waals surface area contributed by atoms with Gasteiger partial charge in [0.15, 0.2) is 0 Å². The lowest BCUT2D eigenvalue weighted by Gasteiger charge is -2.29. The van der Waals surface area contributed by atoms with Gasteiger partial charge >= 0.3 is 0 Å². The Morgan fingerprint density at radius 2 is 1.68 bits per heavy atom. The smallest absolute Gasteiger partial charge is 0.239 e. The minimum atomic E-state index is -0.222. The first-order valence-electron chi connectivity index (χ1n) is 9.77. The highest BCUT2D eigenvalue weighted by molar-refractivity contribution is 5.85. The van der Waals surface area contributed by atoms with Crippen LogP contribution in [0.15, 0.2) is 48.5 Å². The highest BCUT2D eigenvalue weighted by Gasteiger charge is 2.41. The van der Waals surface area contributed by atoms with E-state index in [-0.39, 0.29) is 36.3 Å². The third-order valence-corrected chi connectivity index (χ3v) is 5.70. The molecule has 3 atom stereocenters. The van der Waals surface area contributed by atoms with Gasteiger partial charge in [0.1, 0.15) is 6.04 Å². The van der Waals surface area contributed by atoms with Crippen LogP contribution in [-0.2, 0) is 4.79 Å². The second-order valence-corrected chi connectivity index (χ2v) is 7.80. The number of fused-ring (bicyclic) bond motifs is 1. The van der Waals surface area contributed by atoms with Crippen molar-refractivity contribution in [3.63, 3.8) is 0 Å². The van der Waals surface area contributed by atoms with Crippen LogP contribution in [0.4, 0.5) is 0 Å². The highest BCUT2D eigenvalue weighted by Crippen LogP contribution is 2.26. The molecule has 0 spiro atoms. The maximum atomic E-state index is 13.2. The van der Waals surface area contributed by atoms with Gasteiger partial charge in [-0.05, 0) is 37.9 Å². The lowest BCUT2D eigenvalue weighted by atomic mass is 9.88. The molecule has 2 fully saturated rings. The fourth-order valence-electron chi connectivity index (χ4n) is 4.27. The van der Waals surface area contributed by atoms with Crippen molar-refractivity contribution in [2.45, 2.75) is 38.4 Å². The molecule has 4 rings (SSSR count). The zero-order valence-corrected chi connectivity index (χ0v) is 17.2. The van der Waals surface area contributed by atoms with E-state index < -0.39 is 0 Å². The van der Waals surface area contributed by atoms with E-state index >= 15 is 0 Å². The normalized spacial score (nSPS) is 23.8. The number of rotatable bonds is 4. The monoisotopic (exact) mass is 400 g/mol. The largest absolute Gasteiger partial charge is 0.344 e. The van der Waals surface area contributed by atoms with E-state index in [2.05, 4.69) is 83.9 Å². The number of halogens is 1. The molecule has 2 heterocycles. The second kappa shape index (κ2) is 9.05. The zero-order chi connectivity index (χ0) is 18.8. The molecule has 0 saturated carbocycles. The number of benzene rings is 2. The summed E-state index contributed by atoms with van der Waals surface area (Å²) in [5.74, 6) is 0.320. The van der Waals surface area contributed by atoms with Crippen molar-refractivity contribution in [3.8, 4) is 0 Å². The maximum Gasteiger partial charge on any atom is 0.239 e. The molecule has 2 aliphatic rings. The molecule has 2 aliphatic heterocycles. The number of amides is 1. The summed E-state index contributed by atoms with van der Waals surface area (Å²) in [6, 6.07) is 16.7. The number of hydrazine groups is 1. The number of aryl methyl sites for hydroxylation is 2. The summed E-state index contributed by atoms with van der Waals surface area (Å²) in [6.45, 7) is 6.03. The van der Waals surface area contributed by atoms with Crippen LogP contribution in [0.1, 0.15) is 34.7 Å². The van der Waals surface area contributed by atoms with Gasteiger partial charge in [-0.1, -0.05) is 59.7 Å². The van der Waals surface area contributed by atoms with Crippen molar-refractivity contribution in [1.29, 1.82) is 0 Å².